The van der Waals surface area contributed by atoms with Crippen molar-refractivity contribution in [2.24, 2.45) is 0 Å². The molecule has 0 radical (unpaired) electrons. The van der Waals surface area contributed by atoms with Crippen molar-refractivity contribution in [2.75, 3.05) is 11.9 Å². The molecule has 0 spiro atoms. The van der Waals surface area contributed by atoms with Gasteiger partial charge in [0.2, 0.25) is 0 Å². The van der Waals surface area contributed by atoms with Gasteiger partial charge >= 0.3 is 0 Å². The van der Waals surface area contributed by atoms with Gasteiger partial charge < -0.3 is 4.90 Å². The summed E-state index contributed by atoms with van der Waals surface area (Å²) in [5.74, 6) is -0.387. The summed E-state index contributed by atoms with van der Waals surface area (Å²) in [6.07, 6.45) is 0. The summed E-state index contributed by atoms with van der Waals surface area (Å²) < 4.78 is 0. The summed E-state index contributed by atoms with van der Waals surface area (Å²) >= 11 is 0. The van der Waals surface area contributed by atoms with Crippen LogP contribution in [-0.4, -0.2) is 17.9 Å². The Hall–Kier alpha value is -2.69. The molecule has 0 aliphatic carbocycles. The van der Waals surface area contributed by atoms with E-state index in [1.807, 2.05) is 32.9 Å². The van der Waals surface area contributed by atoms with E-state index >= 15 is 0 Å². The summed E-state index contributed by atoms with van der Waals surface area (Å²) in [4.78, 5) is 24.7. The molecule has 1 amide bonds. The second-order valence-electron chi connectivity index (χ2n) is 5.39. The normalized spacial score (nSPS) is 10.4. The van der Waals surface area contributed by atoms with Crippen molar-refractivity contribution in [1.82, 2.24) is 0 Å². The van der Waals surface area contributed by atoms with E-state index in [2.05, 4.69) is 0 Å². The predicted molar refractivity (Wildman–Crippen MR) is 86.5 cm³/mol. The third-order valence-electron chi connectivity index (χ3n) is 3.61. The number of rotatable bonds is 3. The van der Waals surface area contributed by atoms with Crippen LogP contribution < -0.4 is 4.90 Å². The van der Waals surface area contributed by atoms with Crippen molar-refractivity contribution in [3.8, 4) is 0 Å². The largest absolute Gasteiger partial charge is 0.311 e. The van der Waals surface area contributed by atoms with Gasteiger partial charge in [-0.3, -0.25) is 14.9 Å². The van der Waals surface area contributed by atoms with E-state index in [1.54, 1.807) is 19.2 Å². The molecule has 0 aliphatic heterocycles. The molecule has 2 aromatic carbocycles. The maximum Gasteiger partial charge on any atom is 0.282 e. The average Bonchev–Trinajstić information content (AvgIpc) is 2.45. The van der Waals surface area contributed by atoms with Crippen LogP contribution >= 0.6 is 0 Å². The Morgan fingerprint density at radius 1 is 1.09 bits per heavy atom. The fraction of sp³-hybridized carbons (Fsp3) is 0.235. The van der Waals surface area contributed by atoms with Gasteiger partial charge in [0.15, 0.2) is 0 Å². The Bertz CT molecular complexity index is 730. The molecule has 0 saturated heterocycles. The van der Waals surface area contributed by atoms with E-state index < -0.39 is 4.92 Å². The Morgan fingerprint density at radius 3 is 2.18 bits per heavy atom. The first-order chi connectivity index (χ1) is 10.3. The number of nitrogens with zero attached hydrogens (tertiary/aromatic N) is 2. The van der Waals surface area contributed by atoms with E-state index in [0.717, 1.165) is 22.4 Å². The number of para-hydroxylation sites is 1. The second-order valence-corrected chi connectivity index (χ2v) is 5.39. The Morgan fingerprint density at radius 2 is 1.64 bits per heavy atom. The lowest BCUT2D eigenvalue weighted by atomic mass is 10.0. The number of carbonyl (C=O) groups is 1. The number of aryl methyl sites for hydroxylation is 3. The molecular weight excluding hydrogens is 280 g/mol. The first-order valence-corrected chi connectivity index (χ1v) is 6.92. The molecule has 0 aromatic heterocycles. The molecule has 0 N–H and O–H groups in total. The highest BCUT2D eigenvalue weighted by atomic mass is 16.6. The fourth-order valence-corrected chi connectivity index (χ4v) is 2.80. The number of carbonyl (C=O) groups excluding carboxylic acids is 1. The molecule has 0 unspecified atom stereocenters. The highest BCUT2D eigenvalue weighted by Gasteiger charge is 2.24. The van der Waals surface area contributed by atoms with Crippen LogP contribution in [0.5, 0.6) is 0 Å². The first kappa shape index (κ1) is 15.7. The van der Waals surface area contributed by atoms with E-state index in [4.69, 9.17) is 0 Å². The minimum absolute atomic E-state index is 0.0920. The molecular formula is C17H18N2O3. The fourth-order valence-electron chi connectivity index (χ4n) is 2.80. The van der Waals surface area contributed by atoms with Crippen LogP contribution in [0, 0.1) is 30.9 Å². The van der Waals surface area contributed by atoms with E-state index in [0.29, 0.717) is 0 Å². The van der Waals surface area contributed by atoms with Gasteiger partial charge in [-0.25, -0.2) is 0 Å². The Labute approximate surface area is 129 Å². The van der Waals surface area contributed by atoms with Crippen LogP contribution in [0.4, 0.5) is 11.4 Å². The van der Waals surface area contributed by atoms with Gasteiger partial charge in [0, 0.05) is 18.8 Å². The molecule has 0 saturated carbocycles. The Balaban J connectivity index is 2.49. The molecule has 0 fully saturated rings. The van der Waals surface area contributed by atoms with Gasteiger partial charge in [-0.05, 0) is 38.0 Å². The van der Waals surface area contributed by atoms with E-state index in [-0.39, 0.29) is 17.2 Å². The molecule has 0 bridgehead atoms. The van der Waals surface area contributed by atoms with Crippen LogP contribution in [-0.2, 0) is 0 Å². The molecule has 0 aliphatic rings. The highest BCUT2D eigenvalue weighted by Crippen LogP contribution is 2.28. The van der Waals surface area contributed by atoms with Crippen molar-refractivity contribution in [2.45, 2.75) is 20.8 Å². The smallest absolute Gasteiger partial charge is 0.282 e. The summed E-state index contributed by atoms with van der Waals surface area (Å²) in [6, 6.07) is 9.99. The number of hydrogen-bond acceptors (Lipinski definition) is 3. The molecule has 5 heteroatoms. The molecule has 22 heavy (non-hydrogen) atoms. The van der Waals surface area contributed by atoms with Crippen molar-refractivity contribution >= 4 is 17.3 Å². The SMILES string of the molecule is Cc1cc(C)c(N(C)C(=O)c2ccccc2[N+](=O)[O-])c(C)c1. The zero-order valence-corrected chi connectivity index (χ0v) is 13.1. The zero-order chi connectivity index (χ0) is 16.4. The standard InChI is InChI=1S/C17H18N2O3/c1-11-9-12(2)16(13(3)10-11)18(4)17(20)14-7-5-6-8-15(14)19(21)22/h5-10H,1-4H3. The lowest BCUT2D eigenvalue weighted by Crippen LogP contribution is -2.28. The number of anilines is 1. The minimum Gasteiger partial charge on any atom is -0.311 e. The van der Waals surface area contributed by atoms with Crippen molar-refractivity contribution in [3.63, 3.8) is 0 Å². The third-order valence-corrected chi connectivity index (χ3v) is 3.61. The van der Waals surface area contributed by atoms with Crippen LogP contribution in [0.3, 0.4) is 0 Å². The van der Waals surface area contributed by atoms with Gasteiger partial charge in [0.1, 0.15) is 5.56 Å². The predicted octanol–water partition coefficient (Wildman–Crippen LogP) is 3.80. The van der Waals surface area contributed by atoms with Gasteiger partial charge in [-0.1, -0.05) is 29.8 Å². The molecule has 0 heterocycles. The summed E-state index contributed by atoms with van der Waals surface area (Å²) in [5.41, 5.74) is 3.74. The third kappa shape index (κ3) is 2.83. The van der Waals surface area contributed by atoms with Crippen molar-refractivity contribution in [3.05, 3.63) is 68.8 Å². The van der Waals surface area contributed by atoms with E-state index in [9.17, 15) is 14.9 Å². The number of benzene rings is 2. The van der Waals surface area contributed by atoms with Gasteiger partial charge in [0.25, 0.3) is 11.6 Å². The van der Waals surface area contributed by atoms with Crippen LogP contribution in [0.25, 0.3) is 0 Å². The molecule has 2 rings (SSSR count). The van der Waals surface area contributed by atoms with Crippen molar-refractivity contribution in [1.29, 1.82) is 0 Å². The lowest BCUT2D eigenvalue weighted by molar-refractivity contribution is -0.385. The van der Waals surface area contributed by atoms with Crippen LogP contribution in [0.1, 0.15) is 27.0 Å². The van der Waals surface area contributed by atoms with Crippen molar-refractivity contribution < 1.29 is 9.72 Å². The number of amides is 1. The monoisotopic (exact) mass is 298 g/mol. The summed E-state index contributed by atoms with van der Waals surface area (Å²) in [6.45, 7) is 5.85. The zero-order valence-electron chi connectivity index (χ0n) is 13.1. The summed E-state index contributed by atoms with van der Waals surface area (Å²) in [7, 11) is 1.64. The molecule has 5 nitrogen and oxygen atoms in total. The quantitative estimate of drug-likeness (QED) is 0.639. The van der Waals surface area contributed by atoms with Crippen LogP contribution in [0.2, 0.25) is 0 Å². The number of nitro groups is 1. The maximum atomic E-state index is 12.7. The maximum absolute atomic E-state index is 12.7. The minimum atomic E-state index is -0.532. The average molecular weight is 298 g/mol. The molecule has 2 aromatic rings. The topological polar surface area (TPSA) is 63.5 Å². The van der Waals surface area contributed by atoms with E-state index in [1.165, 1.54) is 17.0 Å². The molecule has 114 valence electrons. The van der Waals surface area contributed by atoms with Gasteiger partial charge in [-0.2, -0.15) is 0 Å². The summed E-state index contributed by atoms with van der Waals surface area (Å²) in [5, 5.41) is 11.1. The second kappa shape index (κ2) is 5.97. The lowest BCUT2D eigenvalue weighted by Gasteiger charge is -2.22. The molecule has 0 atom stereocenters. The van der Waals surface area contributed by atoms with Crippen LogP contribution in [0.15, 0.2) is 36.4 Å². The van der Waals surface area contributed by atoms with Gasteiger partial charge in [0.05, 0.1) is 4.92 Å². The van der Waals surface area contributed by atoms with Gasteiger partial charge in [-0.15, -0.1) is 0 Å². The number of hydrogen-bond donors (Lipinski definition) is 0. The highest BCUT2D eigenvalue weighted by molar-refractivity contribution is 6.09. The number of nitro benzene ring substituents is 1. The Kier molecular flexibility index (Phi) is 4.26. The first-order valence-electron chi connectivity index (χ1n) is 6.92.